The third-order valence-electron chi connectivity index (χ3n) is 3.34. The molecular weight excluding hydrogens is 202 g/mol. The summed E-state index contributed by atoms with van der Waals surface area (Å²) in [6.07, 6.45) is 5.86. The number of hydrogen-bond acceptors (Lipinski definition) is 4. The molecule has 0 aromatic carbocycles. The highest BCUT2D eigenvalue weighted by Gasteiger charge is 2.29. The first-order valence-electron chi connectivity index (χ1n) is 6.12. The Morgan fingerprint density at radius 2 is 2.38 bits per heavy atom. The van der Waals surface area contributed by atoms with Gasteiger partial charge in [0.2, 0.25) is 0 Å². The number of aromatic nitrogens is 2. The molecule has 1 fully saturated rings. The van der Waals surface area contributed by atoms with Gasteiger partial charge in [-0.15, -0.1) is 0 Å². The van der Waals surface area contributed by atoms with E-state index in [0.29, 0.717) is 17.7 Å². The lowest BCUT2D eigenvalue weighted by atomic mass is 9.99. The smallest absolute Gasteiger partial charge is 0.254 e. The highest BCUT2D eigenvalue weighted by Crippen LogP contribution is 2.38. The second-order valence-corrected chi connectivity index (χ2v) is 4.72. The Morgan fingerprint density at radius 3 is 3.12 bits per heavy atom. The zero-order chi connectivity index (χ0) is 11.0. The Bertz CT molecular complexity index is 406. The monoisotopic (exact) mass is 219 g/mol. The minimum Gasteiger partial charge on any atom is -0.334 e. The van der Waals surface area contributed by atoms with Gasteiger partial charge in [-0.2, -0.15) is 4.98 Å². The molecule has 1 aromatic rings. The lowest BCUT2D eigenvalue weighted by Gasteiger charge is -2.18. The molecule has 1 atom stereocenters. The predicted molar refractivity (Wildman–Crippen MR) is 60.9 cm³/mol. The van der Waals surface area contributed by atoms with Gasteiger partial charge in [0, 0.05) is 24.6 Å². The van der Waals surface area contributed by atoms with Crippen LogP contribution in [0.4, 0.5) is 0 Å². The molecule has 0 radical (unpaired) electrons. The molecule has 1 aromatic heterocycles. The van der Waals surface area contributed by atoms with Crippen molar-refractivity contribution < 1.29 is 4.52 Å². The van der Waals surface area contributed by atoms with Crippen LogP contribution >= 0.6 is 0 Å². The van der Waals surface area contributed by atoms with E-state index in [1.807, 2.05) is 0 Å². The first-order chi connectivity index (χ1) is 7.86. The fourth-order valence-electron chi connectivity index (χ4n) is 2.08. The predicted octanol–water partition coefficient (Wildman–Crippen LogP) is 1.96. The van der Waals surface area contributed by atoms with Gasteiger partial charge in [0.25, 0.3) is 5.89 Å². The molecule has 1 saturated carbocycles. The fraction of sp³-hybridized carbons (Fsp3) is 0.667. The maximum absolute atomic E-state index is 5.33. The van der Waals surface area contributed by atoms with E-state index in [9.17, 15) is 0 Å². The number of nitrogens with zero attached hydrogens (tertiary/aromatic N) is 2. The molecule has 1 N–H and O–H groups in total. The highest BCUT2D eigenvalue weighted by atomic mass is 16.5. The standard InChI is InChI=1S/C12H17N3O/c1-2-8-5-10(7-13-6-8)12-14-11(15-16-12)9-3-4-9/h5,8-9,13H,2-4,6-7H2,1H3/t8-/m0/s1. The van der Waals surface area contributed by atoms with Crippen molar-refractivity contribution in [3.63, 3.8) is 0 Å². The minimum absolute atomic E-state index is 0.566. The quantitative estimate of drug-likeness (QED) is 0.844. The van der Waals surface area contributed by atoms with E-state index in [4.69, 9.17) is 4.52 Å². The summed E-state index contributed by atoms with van der Waals surface area (Å²) in [5, 5.41) is 7.44. The van der Waals surface area contributed by atoms with Crippen molar-refractivity contribution >= 4 is 5.57 Å². The van der Waals surface area contributed by atoms with Gasteiger partial charge in [0.15, 0.2) is 5.82 Å². The third kappa shape index (κ3) is 1.89. The zero-order valence-corrected chi connectivity index (χ0v) is 9.57. The van der Waals surface area contributed by atoms with Crippen molar-refractivity contribution in [2.75, 3.05) is 13.1 Å². The molecule has 0 spiro atoms. The lowest BCUT2D eigenvalue weighted by Crippen LogP contribution is -2.28. The van der Waals surface area contributed by atoms with Gasteiger partial charge in [-0.1, -0.05) is 18.2 Å². The van der Waals surface area contributed by atoms with Gasteiger partial charge in [0.05, 0.1) is 0 Å². The number of hydrogen-bond donors (Lipinski definition) is 1. The molecular formula is C12H17N3O. The molecule has 2 aliphatic rings. The van der Waals surface area contributed by atoms with Crippen molar-refractivity contribution in [1.82, 2.24) is 15.5 Å². The van der Waals surface area contributed by atoms with Gasteiger partial charge >= 0.3 is 0 Å². The molecule has 0 amide bonds. The zero-order valence-electron chi connectivity index (χ0n) is 9.57. The molecule has 86 valence electrons. The molecule has 16 heavy (non-hydrogen) atoms. The van der Waals surface area contributed by atoms with Crippen LogP contribution in [0.5, 0.6) is 0 Å². The van der Waals surface area contributed by atoms with Crippen LogP contribution in [0.25, 0.3) is 5.57 Å². The minimum atomic E-state index is 0.566. The SMILES string of the molecule is CC[C@H]1C=C(c2nc(C3CC3)no2)CNC1. The van der Waals surface area contributed by atoms with Crippen LogP contribution in [-0.4, -0.2) is 23.2 Å². The van der Waals surface area contributed by atoms with Crippen molar-refractivity contribution in [2.24, 2.45) is 5.92 Å². The van der Waals surface area contributed by atoms with E-state index in [1.165, 1.54) is 12.8 Å². The van der Waals surface area contributed by atoms with Gasteiger partial charge in [-0.25, -0.2) is 0 Å². The second-order valence-electron chi connectivity index (χ2n) is 4.72. The van der Waals surface area contributed by atoms with E-state index < -0.39 is 0 Å². The van der Waals surface area contributed by atoms with Crippen LogP contribution in [0.1, 0.15) is 43.8 Å². The summed E-state index contributed by atoms with van der Waals surface area (Å²) in [7, 11) is 0. The summed E-state index contributed by atoms with van der Waals surface area (Å²) in [4.78, 5) is 4.48. The second kappa shape index (κ2) is 4.01. The molecule has 3 rings (SSSR count). The van der Waals surface area contributed by atoms with Gasteiger partial charge in [-0.3, -0.25) is 0 Å². The summed E-state index contributed by atoms with van der Waals surface area (Å²) >= 11 is 0. The van der Waals surface area contributed by atoms with Crippen LogP contribution in [-0.2, 0) is 0 Å². The number of rotatable bonds is 3. The highest BCUT2D eigenvalue weighted by molar-refractivity contribution is 5.61. The lowest BCUT2D eigenvalue weighted by molar-refractivity contribution is 0.396. The topological polar surface area (TPSA) is 51.0 Å². The van der Waals surface area contributed by atoms with E-state index in [0.717, 1.165) is 30.9 Å². The summed E-state index contributed by atoms with van der Waals surface area (Å²) in [5.74, 6) is 2.78. The van der Waals surface area contributed by atoms with Gasteiger partial charge in [-0.05, 0) is 25.2 Å². The Kier molecular flexibility index (Phi) is 2.52. The van der Waals surface area contributed by atoms with Crippen LogP contribution in [0.3, 0.4) is 0 Å². The van der Waals surface area contributed by atoms with Crippen molar-refractivity contribution in [1.29, 1.82) is 0 Å². The summed E-state index contributed by atoms with van der Waals surface area (Å²) in [6.45, 7) is 4.11. The molecule has 1 aliphatic heterocycles. The van der Waals surface area contributed by atoms with Gasteiger partial charge < -0.3 is 9.84 Å². The average molecular weight is 219 g/mol. The van der Waals surface area contributed by atoms with E-state index in [1.54, 1.807) is 0 Å². The Morgan fingerprint density at radius 1 is 1.50 bits per heavy atom. The molecule has 0 unspecified atom stereocenters. The summed E-state index contributed by atoms with van der Waals surface area (Å²) in [6, 6.07) is 0. The van der Waals surface area contributed by atoms with Crippen LogP contribution < -0.4 is 5.32 Å². The maximum Gasteiger partial charge on any atom is 0.254 e. The largest absolute Gasteiger partial charge is 0.334 e. The molecule has 0 bridgehead atoms. The number of nitrogens with one attached hydrogen (secondary N) is 1. The third-order valence-corrected chi connectivity index (χ3v) is 3.34. The Labute approximate surface area is 95.1 Å². The molecule has 2 heterocycles. The normalized spacial score (nSPS) is 25.6. The molecule has 4 heteroatoms. The van der Waals surface area contributed by atoms with E-state index in [2.05, 4.69) is 28.5 Å². The molecule has 4 nitrogen and oxygen atoms in total. The van der Waals surface area contributed by atoms with Crippen LogP contribution in [0.15, 0.2) is 10.6 Å². The van der Waals surface area contributed by atoms with Crippen LogP contribution in [0, 0.1) is 5.92 Å². The van der Waals surface area contributed by atoms with Crippen molar-refractivity contribution in [3.05, 3.63) is 17.8 Å². The van der Waals surface area contributed by atoms with E-state index >= 15 is 0 Å². The van der Waals surface area contributed by atoms with Crippen LogP contribution in [0.2, 0.25) is 0 Å². The molecule has 0 saturated heterocycles. The van der Waals surface area contributed by atoms with Crippen molar-refractivity contribution in [3.8, 4) is 0 Å². The summed E-state index contributed by atoms with van der Waals surface area (Å²) in [5.41, 5.74) is 1.16. The van der Waals surface area contributed by atoms with E-state index in [-0.39, 0.29) is 0 Å². The molecule has 1 aliphatic carbocycles. The summed E-state index contributed by atoms with van der Waals surface area (Å²) < 4.78 is 5.33. The fourth-order valence-corrected chi connectivity index (χ4v) is 2.08. The Hall–Kier alpha value is -1.16. The average Bonchev–Trinajstić information content (AvgIpc) is 3.07. The Balaban J connectivity index is 1.81. The van der Waals surface area contributed by atoms with Crippen molar-refractivity contribution in [2.45, 2.75) is 32.1 Å². The first-order valence-corrected chi connectivity index (χ1v) is 6.12. The first kappa shape index (κ1) is 10.0. The van der Waals surface area contributed by atoms with Gasteiger partial charge in [0.1, 0.15) is 0 Å². The maximum atomic E-state index is 5.33.